The number of nitrogens with zero attached hydrogens (tertiary/aromatic N) is 1. The minimum Gasteiger partial charge on any atom is -0.492 e. The molecule has 0 saturated heterocycles. The van der Waals surface area contributed by atoms with Crippen LogP contribution in [0.2, 0.25) is 0 Å². The molecule has 1 aliphatic heterocycles. The molecule has 7 heteroatoms. The zero-order chi connectivity index (χ0) is 18.8. The molecule has 1 aromatic carbocycles. The summed E-state index contributed by atoms with van der Waals surface area (Å²) in [5.41, 5.74) is 2.03. The first-order valence-corrected chi connectivity index (χ1v) is 9.66. The minimum atomic E-state index is 0. The van der Waals surface area contributed by atoms with E-state index in [9.17, 15) is 4.79 Å². The Bertz CT molecular complexity index is 620. The number of carbonyl (C=O) groups is 1. The second-order valence-electron chi connectivity index (χ2n) is 6.94. The largest absolute Gasteiger partial charge is 0.492 e. The average Bonchev–Trinajstić information content (AvgIpc) is 2.62. The predicted octanol–water partition coefficient (Wildman–Crippen LogP) is 3.56. The van der Waals surface area contributed by atoms with Gasteiger partial charge in [-0.1, -0.05) is 13.8 Å². The van der Waals surface area contributed by atoms with E-state index in [2.05, 4.69) is 41.7 Å². The lowest BCUT2D eigenvalue weighted by atomic mass is 10.0. The van der Waals surface area contributed by atoms with Gasteiger partial charge in [0.2, 0.25) is 5.91 Å². The summed E-state index contributed by atoms with van der Waals surface area (Å²) in [6.45, 7) is 9.45. The molecule has 3 N–H and O–H groups in total. The van der Waals surface area contributed by atoms with Gasteiger partial charge in [0, 0.05) is 25.2 Å². The van der Waals surface area contributed by atoms with Gasteiger partial charge in [-0.2, -0.15) is 0 Å². The standard InChI is InChI=1S/C20H32N4O2.HI/c1-4-21-20(22-11-5-6-15(2)3)23-12-13-26-17-8-9-18-16(14-17)7-10-19(25)24-18;/h8-9,14-15H,4-7,10-13H2,1-3H3,(H,24,25)(H2,21,22,23);1H. The van der Waals surface area contributed by atoms with E-state index < -0.39 is 0 Å². The fourth-order valence-corrected chi connectivity index (χ4v) is 2.82. The molecule has 0 unspecified atom stereocenters. The zero-order valence-corrected chi connectivity index (χ0v) is 19.0. The Morgan fingerprint density at radius 1 is 1.30 bits per heavy atom. The highest BCUT2D eigenvalue weighted by Gasteiger charge is 2.14. The molecular weight excluding hydrogens is 455 g/mol. The molecule has 0 aliphatic carbocycles. The number of carbonyl (C=O) groups excluding carboxylic acids is 1. The van der Waals surface area contributed by atoms with Gasteiger partial charge in [-0.3, -0.25) is 9.79 Å². The summed E-state index contributed by atoms with van der Waals surface area (Å²) in [6, 6.07) is 5.82. The van der Waals surface area contributed by atoms with Crippen molar-refractivity contribution in [1.82, 2.24) is 10.6 Å². The first kappa shape index (κ1) is 23.5. The van der Waals surface area contributed by atoms with E-state index in [0.717, 1.165) is 54.8 Å². The van der Waals surface area contributed by atoms with E-state index >= 15 is 0 Å². The number of aliphatic imine (C=N–C) groups is 1. The fraction of sp³-hybridized carbons (Fsp3) is 0.600. The van der Waals surface area contributed by atoms with Crippen LogP contribution < -0.4 is 20.7 Å². The molecule has 27 heavy (non-hydrogen) atoms. The molecule has 2 rings (SSSR count). The van der Waals surface area contributed by atoms with E-state index in [0.29, 0.717) is 19.6 Å². The first-order chi connectivity index (χ1) is 12.6. The van der Waals surface area contributed by atoms with E-state index in [1.165, 1.54) is 6.42 Å². The number of guanidine groups is 1. The Morgan fingerprint density at radius 2 is 2.11 bits per heavy atom. The van der Waals surface area contributed by atoms with Crippen LogP contribution in [-0.2, 0) is 11.2 Å². The number of fused-ring (bicyclic) bond motifs is 1. The van der Waals surface area contributed by atoms with E-state index in [4.69, 9.17) is 4.74 Å². The Hall–Kier alpha value is -1.51. The quantitative estimate of drug-likeness (QED) is 0.215. The van der Waals surface area contributed by atoms with Crippen molar-refractivity contribution in [3.8, 4) is 5.75 Å². The van der Waals surface area contributed by atoms with Crippen LogP contribution in [0.15, 0.2) is 23.2 Å². The Balaban J connectivity index is 0.00000364. The molecule has 1 heterocycles. The molecule has 0 spiro atoms. The highest BCUT2D eigenvalue weighted by atomic mass is 127. The van der Waals surface area contributed by atoms with Gasteiger partial charge in [0.25, 0.3) is 0 Å². The molecule has 1 aliphatic rings. The third-order valence-corrected chi connectivity index (χ3v) is 4.19. The molecule has 152 valence electrons. The van der Waals surface area contributed by atoms with Crippen molar-refractivity contribution in [3.05, 3.63) is 23.8 Å². The van der Waals surface area contributed by atoms with Crippen LogP contribution in [0.5, 0.6) is 5.75 Å². The third kappa shape index (κ3) is 8.81. The summed E-state index contributed by atoms with van der Waals surface area (Å²) in [7, 11) is 0. The van der Waals surface area contributed by atoms with Gasteiger partial charge in [0.15, 0.2) is 5.96 Å². The van der Waals surface area contributed by atoms with E-state index in [1.54, 1.807) is 0 Å². The molecule has 0 fully saturated rings. The summed E-state index contributed by atoms with van der Waals surface area (Å²) in [4.78, 5) is 16.0. The lowest BCUT2D eigenvalue weighted by Crippen LogP contribution is -2.39. The van der Waals surface area contributed by atoms with Crippen molar-refractivity contribution in [3.63, 3.8) is 0 Å². The SMILES string of the molecule is CCNC(=NCCCC(C)C)NCCOc1ccc2c(c1)CCC(=O)N2.I. The number of hydrogen-bond donors (Lipinski definition) is 3. The maximum atomic E-state index is 11.4. The summed E-state index contributed by atoms with van der Waals surface area (Å²) in [5.74, 6) is 2.48. The van der Waals surface area contributed by atoms with Crippen LogP contribution in [0, 0.1) is 5.92 Å². The van der Waals surface area contributed by atoms with Gasteiger partial charge in [-0.15, -0.1) is 24.0 Å². The van der Waals surface area contributed by atoms with Crippen LogP contribution in [0.1, 0.15) is 45.6 Å². The van der Waals surface area contributed by atoms with Gasteiger partial charge in [-0.25, -0.2) is 0 Å². The van der Waals surface area contributed by atoms with Gasteiger partial charge in [0.05, 0.1) is 6.54 Å². The molecule has 0 bridgehead atoms. The summed E-state index contributed by atoms with van der Waals surface area (Å²) in [6.07, 6.45) is 3.61. The number of hydrogen-bond acceptors (Lipinski definition) is 3. The van der Waals surface area contributed by atoms with E-state index in [-0.39, 0.29) is 29.9 Å². The maximum Gasteiger partial charge on any atom is 0.224 e. The van der Waals surface area contributed by atoms with E-state index in [1.807, 2.05) is 18.2 Å². The van der Waals surface area contributed by atoms with Crippen molar-refractivity contribution in [2.75, 3.05) is 31.6 Å². The summed E-state index contributed by atoms with van der Waals surface area (Å²) in [5, 5.41) is 9.45. The second kappa shape index (κ2) is 12.8. The molecule has 1 amide bonds. The van der Waals surface area contributed by atoms with Gasteiger partial charge < -0.3 is 20.7 Å². The normalized spacial score (nSPS) is 13.5. The number of rotatable bonds is 9. The molecule has 0 radical (unpaired) electrons. The fourth-order valence-electron chi connectivity index (χ4n) is 2.82. The van der Waals surface area contributed by atoms with Gasteiger partial charge in [0.1, 0.15) is 12.4 Å². The highest BCUT2D eigenvalue weighted by Crippen LogP contribution is 2.26. The third-order valence-electron chi connectivity index (χ3n) is 4.19. The summed E-state index contributed by atoms with van der Waals surface area (Å²) < 4.78 is 5.83. The number of amides is 1. The monoisotopic (exact) mass is 488 g/mol. The molecule has 0 saturated carbocycles. The predicted molar refractivity (Wildman–Crippen MR) is 122 cm³/mol. The number of ether oxygens (including phenoxy) is 1. The maximum absolute atomic E-state index is 11.4. The van der Waals surface area contributed by atoms with Crippen molar-refractivity contribution in [2.45, 2.75) is 46.5 Å². The minimum absolute atomic E-state index is 0. The number of anilines is 1. The van der Waals surface area contributed by atoms with Crippen LogP contribution in [0.25, 0.3) is 0 Å². The van der Waals surface area contributed by atoms with Crippen LogP contribution in [0.4, 0.5) is 5.69 Å². The number of nitrogens with one attached hydrogen (secondary N) is 3. The number of benzene rings is 1. The first-order valence-electron chi connectivity index (χ1n) is 9.66. The van der Waals surface area contributed by atoms with Crippen molar-refractivity contribution in [1.29, 1.82) is 0 Å². The summed E-state index contributed by atoms with van der Waals surface area (Å²) >= 11 is 0. The topological polar surface area (TPSA) is 74.8 Å². The zero-order valence-electron chi connectivity index (χ0n) is 16.6. The molecular formula is C20H33IN4O2. The average molecular weight is 488 g/mol. The van der Waals surface area contributed by atoms with Crippen LogP contribution >= 0.6 is 24.0 Å². The molecule has 0 atom stereocenters. The van der Waals surface area contributed by atoms with Crippen LogP contribution in [-0.4, -0.2) is 38.1 Å². The van der Waals surface area contributed by atoms with Crippen LogP contribution in [0.3, 0.4) is 0 Å². The lowest BCUT2D eigenvalue weighted by Gasteiger charge is -2.18. The number of aryl methyl sites for hydroxylation is 1. The molecule has 0 aromatic heterocycles. The molecule has 1 aromatic rings. The second-order valence-corrected chi connectivity index (χ2v) is 6.94. The van der Waals surface area contributed by atoms with Crippen molar-refractivity contribution >= 4 is 41.5 Å². The van der Waals surface area contributed by atoms with Gasteiger partial charge >= 0.3 is 0 Å². The molecule has 6 nitrogen and oxygen atoms in total. The number of halogens is 1. The Morgan fingerprint density at radius 3 is 2.85 bits per heavy atom. The van der Waals surface area contributed by atoms with Gasteiger partial charge in [-0.05, 0) is 55.9 Å². The Kier molecular flexibility index (Phi) is 11.2. The highest BCUT2D eigenvalue weighted by molar-refractivity contribution is 14.0. The Labute approximate surface area is 179 Å². The lowest BCUT2D eigenvalue weighted by molar-refractivity contribution is -0.116. The van der Waals surface area contributed by atoms with Crippen molar-refractivity contribution in [2.24, 2.45) is 10.9 Å². The smallest absolute Gasteiger partial charge is 0.224 e. The van der Waals surface area contributed by atoms with Crippen molar-refractivity contribution < 1.29 is 9.53 Å².